The van der Waals surface area contributed by atoms with Gasteiger partial charge in [0.1, 0.15) is 0 Å². The summed E-state index contributed by atoms with van der Waals surface area (Å²) >= 11 is 0. The highest BCUT2D eigenvalue weighted by Gasteiger charge is 2.23. The molecule has 0 saturated carbocycles. The third-order valence-electron chi connectivity index (χ3n) is 3.48. The van der Waals surface area contributed by atoms with Crippen molar-refractivity contribution < 1.29 is 4.79 Å². The molecule has 0 aromatic carbocycles. The van der Waals surface area contributed by atoms with E-state index in [4.69, 9.17) is 0 Å². The molecule has 1 saturated heterocycles. The smallest absolute Gasteiger partial charge is 0.239 e. The third kappa shape index (κ3) is 2.72. The predicted octanol–water partition coefficient (Wildman–Crippen LogP) is 0.693. The lowest BCUT2D eigenvalue weighted by atomic mass is 10.2. The predicted molar refractivity (Wildman–Crippen MR) is 70.1 cm³/mol. The second-order valence-electron chi connectivity index (χ2n) is 4.89. The summed E-state index contributed by atoms with van der Waals surface area (Å²) in [6, 6.07) is 2.02. The van der Waals surface area contributed by atoms with Gasteiger partial charge in [0, 0.05) is 13.6 Å². The summed E-state index contributed by atoms with van der Waals surface area (Å²) in [5.74, 6) is 0.187. The molecule has 1 aromatic heterocycles. The summed E-state index contributed by atoms with van der Waals surface area (Å²) in [6.07, 6.45) is 1.94. The normalized spacial score (nSPS) is 21.2. The molecular weight excluding hydrogens is 228 g/mol. The summed E-state index contributed by atoms with van der Waals surface area (Å²) in [5.41, 5.74) is 2.19. The van der Waals surface area contributed by atoms with Gasteiger partial charge in [-0.2, -0.15) is 5.10 Å². The van der Waals surface area contributed by atoms with Gasteiger partial charge in [0.15, 0.2) is 0 Å². The fourth-order valence-corrected chi connectivity index (χ4v) is 2.30. The standard InChI is InChI=1S/C13H22N4O/c1-4-11-8-12(16(3)15-11)9-17-7-5-6-14-10(2)13(17)18/h8,10,14H,4-7,9H2,1-3H3. The van der Waals surface area contributed by atoms with Gasteiger partial charge in [-0.1, -0.05) is 6.92 Å². The molecule has 2 heterocycles. The quantitative estimate of drug-likeness (QED) is 0.859. The number of aromatic nitrogens is 2. The Hall–Kier alpha value is -1.36. The maximum atomic E-state index is 12.2. The topological polar surface area (TPSA) is 50.2 Å². The number of rotatable bonds is 3. The fraction of sp³-hybridized carbons (Fsp3) is 0.692. The highest BCUT2D eigenvalue weighted by Crippen LogP contribution is 2.11. The first-order chi connectivity index (χ1) is 8.61. The molecule has 1 fully saturated rings. The molecule has 1 atom stereocenters. The van der Waals surface area contributed by atoms with E-state index in [-0.39, 0.29) is 11.9 Å². The Labute approximate surface area is 108 Å². The van der Waals surface area contributed by atoms with Crippen LogP contribution in [0.15, 0.2) is 6.07 Å². The van der Waals surface area contributed by atoms with Gasteiger partial charge >= 0.3 is 0 Å². The van der Waals surface area contributed by atoms with Gasteiger partial charge in [-0.15, -0.1) is 0 Å². The lowest BCUT2D eigenvalue weighted by molar-refractivity contribution is -0.132. The van der Waals surface area contributed by atoms with Crippen molar-refractivity contribution in [1.29, 1.82) is 0 Å². The Kier molecular flexibility index (Phi) is 4.01. The zero-order valence-corrected chi connectivity index (χ0v) is 11.4. The Morgan fingerprint density at radius 2 is 2.33 bits per heavy atom. The maximum absolute atomic E-state index is 12.2. The first-order valence-corrected chi connectivity index (χ1v) is 6.65. The van der Waals surface area contributed by atoms with Gasteiger partial charge in [-0.3, -0.25) is 9.48 Å². The molecule has 2 rings (SSSR count). The largest absolute Gasteiger partial charge is 0.335 e. The van der Waals surface area contributed by atoms with E-state index in [1.165, 1.54) is 0 Å². The van der Waals surface area contributed by atoms with Crippen LogP contribution in [-0.4, -0.2) is 39.7 Å². The number of nitrogens with one attached hydrogen (secondary N) is 1. The van der Waals surface area contributed by atoms with Gasteiger partial charge in [0.25, 0.3) is 0 Å². The van der Waals surface area contributed by atoms with Crippen molar-refractivity contribution in [2.24, 2.45) is 7.05 Å². The number of carbonyl (C=O) groups is 1. The number of hydrogen-bond acceptors (Lipinski definition) is 3. The van der Waals surface area contributed by atoms with E-state index in [0.717, 1.165) is 37.3 Å². The first-order valence-electron chi connectivity index (χ1n) is 6.65. The van der Waals surface area contributed by atoms with Crippen LogP contribution in [0.25, 0.3) is 0 Å². The summed E-state index contributed by atoms with van der Waals surface area (Å²) < 4.78 is 1.88. The Bertz CT molecular complexity index is 427. The molecule has 5 heteroatoms. The second kappa shape index (κ2) is 5.52. The zero-order valence-electron chi connectivity index (χ0n) is 11.4. The molecule has 0 spiro atoms. The number of hydrogen-bond donors (Lipinski definition) is 1. The summed E-state index contributed by atoms with van der Waals surface area (Å²) in [5, 5.41) is 7.65. The van der Waals surface area contributed by atoms with E-state index in [9.17, 15) is 4.79 Å². The molecule has 1 unspecified atom stereocenters. The van der Waals surface area contributed by atoms with E-state index in [1.54, 1.807) is 0 Å². The molecule has 18 heavy (non-hydrogen) atoms. The number of aryl methyl sites for hydroxylation is 2. The van der Waals surface area contributed by atoms with E-state index < -0.39 is 0 Å². The van der Waals surface area contributed by atoms with Crippen LogP contribution in [0.1, 0.15) is 31.7 Å². The molecule has 0 bridgehead atoms. The second-order valence-corrected chi connectivity index (χ2v) is 4.89. The minimum Gasteiger partial charge on any atom is -0.335 e. The average Bonchev–Trinajstić information content (AvgIpc) is 2.64. The highest BCUT2D eigenvalue weighted by atomic mass is 16.2. The van der Waals surface area contributed by atoms with E-state index >= 15 is 0 Å². The maximum Gasteiger partial charge on any atom is 0.239 e. The average molecular weight is 250 g/mol. The Morgan fingerprint density at radius 3 is 3.00 bits per heavy atom. The van der Waals surface area contributed by atoms with Gasteiger partial charge in [-0.05, 0) is 32.4 Å². The van der Waals surface area contributed by atoms with Crippen molar-refractivity contribution in [3.05, 3.63) is 17.5 Å². The zero-order chi connectivity index (χ0) is 13.1. The van der Waals surface area contributed by atoms with Gasteiger partial charge in [0.05, 0.1) is 24.0 Å². The summed E-state index contributed by atoms with van der Waals surface area (Å²) in [7, 11) is 1.94. The molecule has 100 valence electrons. The van der Waals surface area contributed by atoms with Gasteiger partial charge in [-0.25, -0.2) is 0 Å². The fourth-order valence-electron chi connectivity index (χ4n) is 2.30. The molecule has 1 aromatic rings. The van der Waals surface area contributed by atoms with Crippen LogP contribution in [0.4, 0.5) is 0 Å². The van der Waals surface area contributed by atoms with Crippen molar-refractivity contribution in [2.45, 2.75) is 39.3 Å². The van der Waals surface area contributed by atoms with Crippen LogP contribution in [0, 0.1) is 0 Å². The monoisotopic (exact) mass is 250 g/mol. The Morgan fingerprint density at radius 1 is 1.56 bits per heavy atom. The van der Waals surface area contributed by atoms with Crippen molar-refractivity contribution >= 4 is 5.91 Å². The molecule has 1 amide bonds. The molecule has 1 N–H and O–H groups in total. The van der Waals surface area contributed by atoms with Crippen LogP contribution in [0.3, 0.4) is 0 Å². The highest BCUT2D eigenvalue weighted by molar-refractivity contribution is 5.81. The van der Waals surface area contributed by atoms with Crippen LogP contribution >= 0.6 is 0 Å². The minimum atomic E-state index is -0.0774. The molecule has 1 aliphatic rings. The van der Waals surface area contributed by atoms with Crippen LogP contribution < -0.4 is 5.32 Å². The van der Waals surface area contributed by atoms with Crippen LogP contribution in [-0.2, 0) is 24.8 Å². The Balaban J connectivity index is 2.11. The summed E-state index contributed by atoms with van der Waals surface area (Å²) in [6.45, 7) is 6.42. The molecule has 0 aliphatic carbocycles. The van der Waals surface area contributed by atoms with E-state index in [1.807, 2.05) is 23.6 Å². The molecule has 5 nitrogen and oxygen atoms in total. The first kappa shape index (κ1) is 13.1. The molecule has 1 aliphatic heterocycles. The van der Waals surface area contributed by atoms with Gasteiger partial charge < -0.3 is 10.2 Å². The summed E-state index contributed by atoms with van der Waals surface area (Å²) in [4.78, 5) is 14.1. The number of carbonyl (C=O) groups excluding carboxylic acids is 1. The number of nitrogens with zero attached hydrogens (tertiary/aromatic N) is 3. The van der Waals surface area contributed by atoms with E-state index in [2.05, 4.69) is 23.4 Å². The van der Waals surface area contributed by atoms with Crippen LogP contribution in [0.2, 0.25) is 0 Å². The molecule has 0 radical (unpaired) electrons. The van der Waals surface area contributed by atoms with Crippen molar-refractivity contribution in [3.8, 4) is 0 Å². The van der Waals surface area contributed by atoms with E-state index in [0.29, 0.717) is 6.54 Å². The minimum absolute atomic E-state index is 0.0774. The third-order valence-corrected chi connectivity index (χ3v) is 3.48. The van der Waals surface area contributed by atoms with Crippen molar-refractivity contribution in [1.82, 2.24) is 20.0 Å². The number of amides is 1. The van der Waals surface area contributed by atoms with Crippen molar-refractivity contribution in [3.63, 3.8) is 0 Å². The SMILES string of the molecule is CCc1cc(CN2CCCNC(C)C2=O)n(C)n1. The lowest BCUT2D eigenvalue weighted by Crippen LogP contribution is -2.41. The van der Waals surface area contributed by atoms with Crippen molar-refractivity contribution in [2.75, 3.05) is 13.1 Å². The lowest BCUT2D eigenvalue weighted by Gasteiger charge is -2.22. The molecular formula is C13H22N4O. The van der Waals surface area contributed by atoms with Gasteiger partial charge in [0.2, 0.25) is 5.91 Å². The van der Waals surface area contributed by atoms with Crippen LogP contribution in [0.5, 0.6) is 0 Å².